The predicted molar refractivity (Wildman–Crippen MR) is 81.3 cm³/mol. The van der Waals surface area contributed by atoms with Gasteiger partial charge in [-0.15, -0.1) is 0 Å². The summed E-state index contributed by atoms with van der Waals surface area (Å²) in [7, 11) is 0. The van der Waals surface area contributed by atoms with Crippen LogP contribution in [0.25, 0.3) is 0 Å². The highest BCUT2D eigenvalue weighted by atomic mass is 16.5. The van der Waals surface area contributed by atoms with E-state index in [4.69, 9.17) is 9.15 Å². The topological polar surface area (TPSA) is 68.5 Å². The molecule has 1 atom stereocenters. The number of ether oxygens (including phenoxy) is 1. The number of benzene rings is 1. The molecule has 0 bridgehead atoms. The fraction of sp³-hybridized carbons (Fsp3) is 0.294. The highest BCUT2D eigenvalue weighted by molar-refractivity contribution is 5.92. The van der Waals surface area contributed by atoms with E-state index in [0.717, 1.165) is 12.0 Å². The van der Waals surface area contributed by atoms with Crippen LogP contribution in [0.5, 0.6) is 0 Å². The van der Waals surface area contributed by atoms with E-state index in [2.05, 4.69) is 5.32 Å². The van der Waals surface area contributed by atoms with Crippen molar-refractivity contribution in [2.24, 2.45) is 0 Å². The van der Waals surface area contributed by atoms with E-state index in [1.54, 1.807) is 24.3 Å². The zero-order valence-electron chi connectivity index (χ0n) is 12.7. The van der Waals surface area contributed by atoms with Crippen LogP contribution in [0, 0.1) is 0 Å². The molecule has 2 rings (SSSR count). The number of aryl methyl sites for hydroxylation is 1. The second kappa shape index (κ2) is 7.45. The minimum atomic E-state index is -0.867. The molecule has 2 aromatic rings. The second-order valence-corrected chi connectivity index (χ2v) is 4.90. The lowest BCUT2D eigenvalue weighted by molar-refractivity contribution is -0.129. The summed E-state index contributed by atoms with van der Waals surface area (Å²) in [5, 5.41) is 2.65. The monoisotopic (exact) mass is 301 g/mol. The first-order valence-corrected chi connectivity index (χ1v) is 7.20. The average molecular weight is 301 g/mol. The summed E-state index contributed by atoms with van der Waals surface area (Å²) in [6.45, 7) is 3.84. The summed E-state index contributed by atoms with van der Waals surface area (Å²) in [5.74, 6) is -0.236. The van der Waals surface area contributed by atoms with Crippen LogP contribution in [-0.4, -0.2) is 18.0 Å². The highest BCUT2D eigenvalue weighted by Crippen LogP contribution is 2.08. The molecule has 22 heavy (non-hydrogen) atoms. The Kier molecular flexibility index (Phi) is 5.36. The Morgan fingerprint density at radius 2 is 1.95 bits per heavy atom. The quantitative estimate of drug-likeness (QED) is 0.833. The van der Waals surface area contributed by atoms with Gasteiger partial charge in [0, 0.05) is 0 Å². The Bertz CT molecular complexity index is 617. The first-order chi connectivity index (χ1) is 10.6. The van der Waals surface area contributed by atoms with Gasteiger partial charge in [-0.05, 0) is 43.2 Å². The minimum absolute atomic E-state index is 0.263. The molecule has 0 aliphatic rings. The van der Waals surface area contributed by atoms with Crippen molar-refractivity contribution in [1.29, 1.82) is 0 Å². The van der Waals surface area contributed by atoms with Gasteiger partial charge in [-0.3, -0.25) is 4.79 Å². The summed E-state index contributed by atoms with van der Waals surface area (Å²) in [4.78, 5) is 23.8. The molecule has 0 spiro atoms. The van der Waals surface area contributed by atoms with Crippen LogP contribution >= 0.6 is 0 Å². The number of carbonyl (C=O) groups is 2. The first kappa shape index (κ1) is 15.8. The fourth-order valence-electron chi connectivity index (χ4n) is 1.89. The fourth-order valence-corrected chi connectivity index (χ4v) is 1.89. The van der Waals surface area contributed by atoms with Crippen molar-refractivity contribution < 1.29 is 18.7 Å². The van der Waals surface area contributed by atoms with E-state index in [1.165, 1.54) is 13.2 Å². The van der Waals surface area contributed by atoms with Crippen molar-refractivity contribution in [3.63, 3.8) is 0 Å². The Morgan fingerprint density at radius 1 is 1.23 bits per heavy atom. The maximum atomic E-state index is 12.0. The van der Waals surface area contributed by atoms with Gasteiger partial charge in [-0.1, -0.05) is 19.1 Å². The largest absolute Gasteiger partial charge is 0.467 e. The third-order valence-electron chi connectivity index (χ3n) is 3.27. The second-order valence-electron chi connectivity index (χ2n) is 4.90. The molecular weight excluding hydrogens is 282 g/mol. The SMILES string of the molecule is CCc1ccc(C(=O)O[C@H](C)C(=O)NCc2ccco2)cc1. The van der Waals surface area contributed by atoms with E-state index >= 15 is 0 Å². The van der Waals surface area contributed by atoms with Gasteiger partial charge in [-0.2, -0.15) is 0 Å². The van der Waals surface area contributed by atoms with Crippen LogP contribution in [0.4, 0.5) is 0 Å². The van der Waals surface area contributed by atoms with Crippen LogP contribution in [0.3, 0.4) is 0 Å². The van der Waals surface area contributed by atoms with Crippen molar-refractivity contribution in [1.82, 2.24) is 5.32 Å². The summed E-state index contributed by atoms with van der Waals surface area (Å²) in [5.41, 5.74) is 1.57. The standard InChI is InChI=1S/C17H19NO4/c1-3-13-6-8-14(9-7-13)17(20)22-12(2)16(19)18-11-15-5-4-10-21-15/h4-10,12H,3,11H2,1-2H3,(H,18,19)/t12-/m1/s1. The molecule has 1 N–H and O–H groups in total. The molecule has 0 unspecified atom stereocenters. The molecule has 0 aliphatic carbocycles. The molecule has 1 aromatic heterocycles. The maximum absolute atomic E-state index is 12.0. The summed E-state index contributed by atoms with van der Waals surface area (Å²) >= 11 is 0. The van der Waals surface area contributed by atoms with Crippen LogP contribution in [0.2, 0.25) is 0 Å². The first-order valence-electron chi connectivity index (χ1n) is 7.20. The number of hydrogen-bond donors (Lipinski definition) is 1. The lowest BCUT2D eigenvalue weighted by Crippen LogP contribution is -2.35. The normalized spacial score (nSPS) is 11.7. The summed E-state index contributed by atoms with van der Waals surface area (Å²) < 4.78 is 10.3. The molecule has 116 valence electrons. The maximum Gasteiger partial charge on any atom is 0.338 e. The van der Waals surface area contributed by atoms with E-state index < -0.39 is 12.1 Å². The van der Waals surface area contributed by atoms with Gasteiger partial charge >= 0.3 is 5.97 Å². The van der Waals surface area contributed by atoms with Crippen molar-refractivity contribution in [3.05, 3.63) is 59.5 Å². The molecule has 5 heteroatoms. The van der Waals surface area contributed by atoms with Crippen molar-refractivity contribution in [2.45, 2.75) is 32.9 Å². The number of amides is 1. The lowest BCUT2D eigenvalue weighted by atomic mass is 10.1. The average Bonchev–Trinajstić information content (AvgIpc) is 3.06. The molecule has 0 saturated heterocycles. The Hall–Kier alpha value is -2.56. The van der Waals surface area contributed by atoms with E-state index in [1.807, 2.05) is 19.1 Å². The van der Waals surface area contributed by atoms with Crippen LogP contribution in [0.1, 0.15) is 35.5 Å². The van der Waals surface area contributed by atoms with Gasteiger partial charge < -0.3 is 14.5 Å². The van der Waals surface area contributed by atoms with Crippen LogP contribution in [0.15, 0.2) is 47.1 Å². The molecule has 0 radical (unpaired) electrons. The zero-order valence-corrected chi connectivity index (χ0v) is 12.7. The third kappa shape index (κ3) is 4.22. The van der Waals surface area contributed by atoms with Gasteiger partial charge in [0.15, 0.2) is 6.10 Å². The van der Waals surface area contributed by atoms with Crippen molar-refractivity contribution in [3.8, 4) is 0 Å². The van der Waals surface area contributed by atoms with E-state index in [9.17, 15) is 9.59 Å². The number of carbonyl (C=O) groups excluding carboxylic acids is 2. The van der Waals surface area contributed by atoms with Gasteiger partial charge in [0.1, 0.15) is 5.76 Å². The smallest absolute Gasteiger partial charge is 0.338 e. The molecule has 1 aromatic carbocycles. The molecule has 5 nitrogen and oxygen atoms in total. The Labute approximate surface area is 129 Å². The molecule has 0 saturated carbocycles. The van der Waals surface area contributed by atoms with E-state index in [-0.39, 0.29) is 12.5 Å². The predicted octanol–water partition coefficient (Wildman–Crippen LogP) is 2.70. The number of rotatable bonds is 6. The Balaban J connectivity index is 1.85. The minimum Gasteiger partial charge on any atom is -0.467 e. The number of esters is 1. The molecular formula is C17H19NO4. The summed E-state index contributed by atoms with van der Waals surface area (Å²) in [6, 6.07) is 10.6. The Morgan fingerprint density at radius 3 is 2.55 bits per heavy atom. The van der Waals surface area contributed by atoms with Crippen LogP contribution in [-0.2, 0) is 22.5 Å². The van der Waals surface area contributed by atoms with Gasteiger partial charge in [-0.25, -0.2) is 4.79 Å². The van der Waals surface area contributed by atoms with Crippen molar-refractivity contribution >= 4 is 11.9 Å². The molecule has 0 fully saturated rings. The van der Waals surface area contributed by atoms with Gasteiger partial charge in [0.25, 0.3) is 5.91 Å². The number of furan rings is 1. The van der Waals surface area contributed by atoms with E-state index in [0.29, 0.717) is 11.3 Å². The van der Waals surface area contributed by atoms with Gasteiger partial charge in [0.05, 0.1) is 18.4 Å². The van der Waals surface area contributed by atoms with Crippen molar-refractivity contribution in [2.75, 3.05) is 0 Å². The molecule has 1 amide bonds. The number of hydrogen-bond acceptors (Lipinski definition) is 4. The highest BCUT2D eigenvalue weighted by Gasteiger charge is 2.18. The third-order valence-corrected chi connectivity index (χ3v) is 3.27. The molecule has 0 aliphatic heterocycles. The lowest BCUT2D eigenvalue weighted by Gasteiger charge is -2.13. The number of nitrogens with one attached hydrogen (secondary N) is 1. The molecule has 1 heterocycles. The van der Waals surface area contributed by atoms with Gasteiger partial charge in [0.2, 0.25) is 0 Å². The zero-order chi connectivity index (χ0) is 15.9. The van der Waals surface area contributed by atoms with Crippen LogP contribution < -0.4 is 5.32 Å². The summed E-state index contributed by atoms with van der Waals surface area (Å²) in [6.07, 6.45) is 1.57.